The lowest BCUT2D eigenvalue weighted by Gasteiger charge is -2.33. The maximum Gasteiger partial charge on any atom is 0.313 e. The smallest absolute Gasteiger partial charge is 0.313 e. The SMILES string of the molecule is CCOc1ccc(NC(=O)C(=O)NCCCN2CCOC(c3ccccc3)C2)cc1. The summed E-state index contributed by atoms with van der Waals surface area (Å²) in [6, 6.07) is 17.1. The minimum Gasteiger partial charge on any atom is -0.494 e. The van der Waals surface area contributed by atoms with Gasteiger partial charge in [-0.25, -0.2) is 0 Å². The molecule has 1 saturated heterocycles. The first-order chi connectivity index (χ1) is 14.7. The van der Waals surface area contributed by atoms with Crippen LogP contribution in [-0.2, 0) is 14.3 Å². The summed E-state index contributed by atoms with van der Waals surface area (Å²) >= 11 is 0. The Balaban J connectivity index is 1.35. The van der Waals surface area contributed by atoms with Crippen molar-refractivity contribution in [3.63, 3.8) is 0 Å². The van der Waals surface area contributed by atoms with E-state index in [0.717, 1.165) is 31.8 Å². The molecular formula is C23H29N3O4. The van der Waals surface area contributed by atoms with Crippen LogP contribution in [0.2, 0.25) is 0 Å². The molecule has 30 heavy (non-hydrogen) atoms. The van der Waals surface area contributed by atoms with Crippen molar-refractivity contribution in [2.45, 2.75) is 19.4 Å². The zero-order valence-electron chi connectivity index (χ0n) is 17.3. The number of rotatable bonds is 8. The minimum absolute atomic E-state index is 0.0782. The summed E-state index contributed by atoms with van der Waals surface area (Å²) in [5, 5.41) is 5.28. The van der Waals surface area contributed by atoms with Gasteiger partial charge in [-0.15, -0.1) is 0 Å². The van der Waals surface area contributed by atoms with E-state index in [9.17, 15) is 9.59 Å². The molecule has 0 bridgehead atoms. The van der Waals surface area contributed by atoms with Gasteiger partial charge in [-0.1, -0.05) is 30.3 Å². The normalized spacial score (nSPS) is 16.6. The first-order valence-electron chi connectivity index (χ1n) is 10.4. The standard InChI is InChI=1S/C23H29N3O4/c1-2-29-20-11-9-19(10-12-20)25-23(28)22(27)24-13-6-14-26-15-16-30-21(17-26)18-7-4-3-5-8-18/h3-5,7-12,21H,2,6,13-17H2,1H3,(H,24,27)(H,25,28). The van der Waals surface area contributed by atoms with Crippen LogP contribution in [0.3, 0.4) is 0 Å². The van der Waals surface area contributed by atoms with E-state index in [2.05, 4.69) is 27.7 Å². The molecule has 0 radical (unpaired) electrons. The minimum atomic E-state index is -0.672. The number of amides is 2. The molecule has 0 aliphatic carbocycles. The maximum absolute atomic E-state index is 12.0. The third kappa shape index (κ3) is 6.57. The summed E-state index contributed by atoms with van der Waals surface area (Å²) < 4.78 is 11.2. The largest absolute Gasteiger partial charge is 0.494 e. The lowest BCUT2D eigenvalue weighted by Crippen LogP contribution is -2.41. The third-order valence-electron chi connectivity index (χ3n) is 4.89. The molecule has 1 aliphatic heterocycles. The zero-order valence-corrected chi connectivity index (χ0v) is 17.3. The van der Waals surface area contributed by atoms with Crippen LogP contribution in [0.4, 0.5) is 5.69 Å². The Morgan fingerprint density at radius 3 is 2.60 bits per heavy atom. The third-order valence-corrected chi connectivity index (χ3v) is 4.89. The first-order valence-corrected chi connectivity index (χ1v) is 10.4. The summed E-state index contributed by atoms with van der Waals surface area (Å²) in [6.07, 6.45) is 0.846. The molecule has 7 heteroatoms. The van der Waals surface area contributed by atoms with E-state index in [1.807, 2.05) is 25.1 Å². The Labute approximate surface area is 177 Å². The van der Waals surface area contributed by atoms with Crippen molar-refractivity contribution in [1.29, 1.82) is 0 Å². The van der Waals surface area contributed by atoms with Crippen LogP contribution in [0, 0.1) is 0 Å². The number of hydrogen-bond acceptors (Lipinski definition) is 5. The molecule has 2 aromatic rings. The van der Waals surface area contributed by atoms with Crippen LogP contribution in [0.5, 0.6) is 5.75 Å². The van der Waals surface area contributed by atoms with Crippen LogP contribution in [0.15, 0.2) is 54.6 Å². The Hall–Kier alpha value is -2.90. The van der Waals surface area contributed by atoms with Crippen molar-refractivity contribution in [2.24, 2.45) is 0 Å². The highest BCUT2D eigenvalue weighted by Crippen LogP contribution is 2.21. The Morgan fingerprint density at radius 2 is 1.87 bits per heavy atom. The maximum atomic E-state index is 12.0. The number of hydrogen-bond donors (Lipinski definition) is 2. The van der Waals surface area contributed by atoms with Gasteiger partial charge in [0.15, 0.2) is 0 Å². The second-order valence-electron chi connectivity index (χ2n) is 7.09. The highest BCUT2D eigenvalue weighted by Gasteiger charge is 2.21. The Kier molecular flexibility index (Phi) is 8.23. The fraction of sp³-hybridized carbons (Fsp3) is 0.391. The Morgan fingerprint density at radius 1 is 1.10 bits per heavy atom. The molecule has 2 aromatic carbocycles. The summed E-state index contributed by atoms with van der Waals surface area (Å²) in [4.78, 5) is 26.4. The molecule has 0 aromatic heterocycles. The van der Waals surface area contributed by atoms with E-state index in [4.69, 9.17) is 9.47 Å². The molecule has 1 unspecified atom stereocenters. The summed E-state index contributed by atoms with van der Waals surface area (Å²) in [6.45, 7) is 6.16. The first kappa shape index (κ1) is 21.8. The average Bonchev–Trinajstić information content (AvgIpc) is 2.79. The Bertz CT molecular complexity index is 811. The average molecular weight is 412 g/mol. The number of nitrogens with one attached hydrogen (secondary N) is 2. The number of morpholine rings is 1. The number of nitrogens with zero attached hydrogens (tertiary/aromatic N) is 1. The summed E-state index contributed by atoms with van der Waals surface area (Å²) in [5.74, 6) is -0.583. The molecule has 1 atom stereocenters. The van der Waals surface area contributed by atoms with Gasteiger partial charge in [0.1, 0.15) is 5.75 Å². The van der Waals surface area contributed by atoms with E-state index < -0.39 is 11.8 Å². The predicted molar refractivity (Wildman–Crippen MR) is 115 cm³/mol. The molecule has 0 spiro atoms. The topological polar surface area (TPSA) is 79.9 Å². The summed E-state index contributed by atoms with van der Waals surface area (Å²) in [5.41, 5.74) is 1.74. The highest BCUT2D eigenvalue weighted by molar-refractivity contribution is 6.39. The van der Waals surface area contributed by atoms with Gasteiger partial charge in [-0.3, -0.25) is 14.5 Å². The molecule has 1 heterocycles. The zero-order chi connectivity index (χ0) is 21.2. The second-order valence-corrected chi connectivity index (χ2v) is 7.09. The molecule has 0 saturated carbocycles. The molecule has 1 aliphatic rings. The van der Waals surface area contributed by atoms with Gasteiger partial charge in [-0.05, 0) is 43.2 Å². The van der Waals surface area contributed by atoms with E-state index >= 15 is 0 Å². The van der Waals surface area contributed by atoms with Crippen molar-refractivity contribution in [1.82, 2.24) is 10.2 Å². The lowest BCUT2D eigenvalue weighted by atomic mass is 10.1. The van der Waals surface area contributed by atoms with Gasteiger partial charge in [-0.2, -0.15) is 0 Å². The van der Waals surface area contributed by atoms with Crippen LogP contribution < -0.4 is 15.4 Å². The van der Waals surface area contributed by atoms with Crippen molar-refractivity contribution in [3.8, 4) is 5.75 Å². The fourth-order valence-electron chi connectivity index (χ4n) is 3.35. The molecule has 2 N–H and O–H groups in total. The van der Waals surface area contributed by atoms with E-state index in [-0.39, 0.29) is 6.10 Å². The van der Waals surface area contributed by atoms with Crippen LogP contribution in [0.1, 0.15) is 25.0 Å². The van der Waals surface area contributed by atoms with Gasteiger partial charge in [0.2, 0.25) is 0 Å². The van der Waals surface area contributed by atoms with Crippen molar-refractivity contribution in [3.05, 3.63) is 60.2 Å². The monoisotopic (exact) mass is 411 g/mol. The number of ether oxygens (including phenoxy) is 2. The van der Waals surface area contributed by atoms with Crippen molar-refractivity contribution >= 4 is 17.5 Å². The predicted octanol–water partition coefficient (Wildman–Crippen LogP) is 2.60. The molecule has 7 nitrogen and oxygen atoms in total. The van der Waals surface area contributed by atoms with Gasteiger partial charge in [0.05, 0.1) is 19.3 Å². The van der Waals surface area contributed by atoms with E-state index in [0.29, 0.717) is 25.4 Å². The van der Waals surface area contributed by atoms with Gasteiger partial charge in [0, 0.05) is 31.9 Å². The molecule has 2 amide bonds. The molecule has 1 fully saturated rings. The second kappa shape index (κ2) is 11.3. The van der Waals surface area contributed by atoms with Gasteiger partial charge < -0.3 is 20.1 Å². The summed E-state index contributed by atoms with van der Waals surface area (Å²) in [7, 11) is 0. The van der Waals surface area contributed by atoms with Crippen LogP contribution in [0.25, 0.3) is 0 Å². The molecule has 160 valence electrons. The van der Waals surface area contributed by atoms with Crippen molar-refractivity contribution < 1.29 is 19.1 Å². The highest BCUT2D eigenvalue weighted by atomic mass is 16.5. The van der Waals surface area contributed by atoms with Crippen molar-refractivity contribution in [2.75, 3.05) is 44.7 Å². The van der Waals surface area contributed by atoms with E-state index in [1.54, 1.807) is 24.3 Å². The quantitative estimate of drug-likeness (QED) is 0.516. The molecular weight excluding hydrogens is 382 g/mol. The van der Waals surface area contributed by atoms with E-state index in [1.165, 1.54) is 5.56 Å². The number of benzene rings is 2. The van der Waals surface area contributed by atoms with Gasteiger partial charge in [0.25, 0.3) is 0 Å². The molecule has 3 rings (SSSR count). The van der Waals surface area contributed by atoms with Crippen LogP contribution >= 0.6 is 0 Å². The van der Waals surface area contributed by atoms with Crippen LogP contribution in [-0.4, -0.2) is 56.1 Å². The lowest BCUT2D eigenvalue weighted by molar-refractivity contribution is -0.136. The van der Waals surface area contributed by atoms with Gasteiger partial charge >= 0.3 is 11.8 Å². The fourth-order valence-corrected chi connectivity index (χ4v) is 3.35. The number of carbonyl (C=O) groups is 2. The number of anilines is 1. The number of carbonyl (C=O) groups excluding carboxylic acids is 2.